The van der Waals surface area contributed by atoms with Crippen LogP contribution in [0.2, 0.25) is 0 Å². The summed E-state index contributed by atoms with van der Waals surface area (Å²) in [5.41, 5.74) is 0. The summed E-state index contributed by atoms with van der Waals surface area (Å²) in [7, 11) is 0. The van der Waals surface area contributed by atoms with Crippen molar-refractivity contribution in [1.82, 2.24) is 10.6 Å². The second-order valence-electron chi connectivity index (χ2n) is 6.54. The topological polar surface area (TPSA) is 61.4 Å². The number of aliphatic hydroxyl groups excluding tert-OH is 1. The molecule has 0 saturated heterocycles. The van der Waals surface area contributed by atoms with Crippen LogP contribution in [0.25, 0.3) is 0 Å². The van der Waals surface area contributed by atoms with Gasteiger partial charge in [-0.1, -0.05) is 96.8 Å². The van der Waals surface area contributed by atoms with E-state index in [4.69, 9.17) is 5.11 Å². The van der Waals surface area contributed by atoms with Crippen molar-refractivity contribution < 1.29 is 9.90 Å². The third-order valence-corrected chi connectivity index (χ3v) is 4.31. The summed E-state index contributed by atoms with van der Waals surface area (Å²) >= 11 is 0. The van der Waals surface area contributed by atoms with Gasteiger partial charge in [0.1, 0.15) is 6.73 Å². The van der Waals surface area contributed by atoms with Gasteiger partial charge in [-0.15, -0.1) is 0 Å². The zero-order chi connectivity index (χ0) is 17.0. The SMILES string of the molecule is CCCCCCCCCCCCCCCCCNC(=O)NCO. The van der Waals surface area contributed by atoms with Crippen LogP contribution in [0, 0.1) is 0 Å². The Balaban J connectivity index is 3.01. The van der Waals surface area contributed by atoms with Crippen LogP contribution in [-0.4, -0.2) is 24.4 Å². The number of carbonyl (C=O) groups is 1. The van der Waals surface area contributed by atoms with Crippen molar-refractivity contribution in [2.75, 3.05) is 13.3 Å². The van der Waals surface area contributed by atoms with Gasteiger partial charge in [0.05, 0.1) is 0 Å². The van der Waals surface area contributed by atoms with Gasteiger partial charge in [0.15, 0.2) is 0 Å². The van der Waals surface area contributed by atoms with Crippen molar-refractivity contribution in [3.8, 4) is 0 Å². The quantitative estimate of drug-likeness (QED) is 0.257. The Hall–Kier alpha value is -0.770. The van der Waals surface area contributed by atoms with Gasteiger partial charge in [-0.3, -0.25) is 0 Å². The van der Waals surface area contributed by atoms with Gasteiger partial charge < -0.3 is 15.7 Å². The lowest BCUT2D eigenvalue weighted by Crippen LogP contribution is -2.36. The fraction of sp³-hybridized carbons (Fsp3) is 0.947. The molecule has 3 N–H and O–H groups in total. The van der Waals surface area contributed by atoms with Crippen LogP contribution < -0.4 is 10.6 Å². The first-order chi connectivity index (χ1) is 11.3. The number of carbonyl (C=O) groups excluding carboxylic acids is 1. The number of amides is 2. The fourth-order valence-electron chi connectivity index (χ4n) is 2.83. The van der Waals surface area contributed by atoms with Crippen molar-refractivity contribution in [3.05, 3.63) is 0 Å². The minimum atomic E-state index is -0.301. The number of aliphatic hydroxyl groups is 1. The Bertz CT molecular complexity index is 248. The molecule has 4 heteroatoms. The summed E-state index contributed by atoms with van der Waals surface area (Å²) in [6.45, 7) is 2.67. The zero-order valence-corrected chi connectivity index (χ0v) is 15.4. The van der Waals surface area contributed by atoms with E-state index in [2.05, 4.69) is 17.6 Å². The molecule has 0 aliphatic rings. The highest BCUT2D eigenvalue weighted by Gasteiger charge is 1.97. The van der Waals surface area contributed by atoms with E-state index in [1.54, 1.807) is 0 Å². The fourth-order valence-corrected chi connectivity index (χ4v) is 2.83. The lowest BCUT2D eigenvalue weighted by molar-refractivity contribution is 0.217. The molecule has 0 aromatic rings. The maximum Gasteiger partial charge on any atom is 0.316 e. The van der Waals surface area contributed by atoms with E-state index >= 15 is 0 Å². The molecule has 0 radical (unpaired) electrons. The van der Waals surface area contributed by atoms with E-state index in [0.717, 1.165) is 6.42 Å². The van der Waals surface area contributed by atoms with Crippen LogP contribution >= 0.6 is 0 Å². The highest BCUT2D eigenvalue weighted by Crippen LogP contribution is 2.13. The first kappa shape index (κ1) is 22.2. The standard InChI is InChI=1S/C19H40N2O2/c1-2-3-4-5-6-7-8-9-10-11-12-13-14-15-16-17-20-19(23)21-18-22/h22H,2-18H2,1H3,(H2,20,21,23). The molecule has 0 aliphatic carbocycles. The molecule has 0 spiro atoms. The molecule has 0 aromatic heterocycles. The number of urea groups is 1. The molecule has 0 heterocycles. The van der Waals surface area contributed by atoms with Gasteiger partial charge in [-0.05, 0) is 6.42 Å². The number of hydrogen-bond acceptors (Lipinski definition) is 2. The first-order valence-electron chi connectivity index (χ1n) is 9.93. The molecule has 138 valence electrons. The minimum absolute atomic E-state index is 0.280. The largest absolute Gasteiger partial charge is 0.376 e. The highest BCUT2D eigenvalue weighted by atomic mass is 16.3. The Morgan fingerprint density at radius 2 is 1.04 bits per heavy atom. The Kier molecular flexibility index (Phi) is 18.6. The summed E-state index contributed by atoms with van der Waals surface area (Å²) in [4.78, 5) is 11.0. The van der Waals surface area contributed by atoms with Crippen molar-refractivity contribution in [2.24, 2.45) is 0 Å². The Morgan fingerprint density at radius 1 is 0.652 bits per heavy atom. The molecule has 0 aromatic carbocycles. The van der Waals surface area contributed by atoms with Crippen LogP contribution in [0.1, 0.15) is 103 Å². The molecule has 0 aliphatic heterocycles. The van der Waals surface area contributed by atoms with Gasteiger partial charge in [0, 0.05) is 6.54 Å². The third-order valence-electron chi connectivity index (χ3n) is 4.31. The molecule has 0 rings (SSSR count). The average molecular weight is 329 g/mol. The zero-order valence-electron chi connectivity index (χ0n) is 15.4. The minimum Gasteiger partial charge on any atom is -0.376 e. The number of rotatable bonds is 17. The summed E-state index contributed by atoms with van der Waals surface area (Å²) < 4.78 is 0. The predicted molar refractivity (Wildman–Crippen MR) is 98.5 cm³/mol. The van der Waals surface area contributed by atoms with E-state index in [9.17, 15) is 4.79 Å². The molecular formula is C19H40N2O2. The molecule has 0 unspecified atom stereocenters. The summed E-state index contributed by atoms with van der Waals surface area (Å²) in [6, 6.07) is -0.280. The van der Waals surface area contributed by atoms with Gasteiger partial charge in [-0.25, -0.2) is 4.79 Å². The highest BCUT2D eigenvalue weighted by molar-refractivity contribution is 5.73. The number of hydrogen-bond donors (Lipinski definition) is 3. The Morgan fingerprint density at radius 3 is 1.43 bits per heavy atom. The maximum absolute atomic E-state index is 11.0. The molecule has 4 nitrogen and oxygen atoms in total. The monoisotopic (exact) mass is 328 g/mol. The molecule has 2 amide bonds. The second-order valence-corrected chi connectivity index (χ2v) is 6.54. The van der Waals surface area contributed by atoms with Gasteiger partial charge in [0.25, 0.3) is 0 Å². The van der Waals surface area contributed by atoms with Crippen LogP contribution in [0.15, 0.2) is 0 Å². The second kappa shape index (κ2) is 19.3. The van der Waals surface area contributed by atoms with Crippen molar-refractivity contribution in [2.45, 2.75) is 103 Å². The molecular weight excluding hydrogens is 288 g/mol. The molecule has 0 bridgehead atoms. The van der Waals surface area contributed by atoms with Gasteiger partial charge in [0.2, 0.25) is 0 Å². The summed E-state index contributed by atoms with van der Waals surface area (Å²) in [5, 5.41) is 13.5. The number of nitrogens with one attached hydrogen (secondary N) is 2. The molecule has 0 fully saturated rings. The van der Waals surface area contributed by atoms with Crippen molar-refractivity contribution in [3.63, 3.8) is 0 Å². The van der Waals surface area contributed by atoms with Crippen molar-refractivity contribution >= 4 is 6.03 Å². The van der Waals surface area contributed by atoms with E-state index in [1.807, 2.05) is 0 Å². The maximum atomic E-state index is 11.0. The van der Waals surface area contributed by atoms with Crippen LogP contribution in [-0.2, 0) is 0 Å². The predicted octanol–water partition coefficient (Wildman–Crippen LogP) is 5.11. The summed E-state index contributed by atoms with van der Waals surface area (Å²) in [5.74, 6) is 0. The van der Waals surface area contributed by atoms with Crippen molar-refractivity contribution in [1.29, 1.82) is 0 Å². The van der Waals surface area contributed by atoms with Gasteiger partial charge >= 0.3 is 6.03 Å². The molecule has 0 saturated carbocycles. The lowest BCUT2D eigenvalue weighted by atomic mass is 10.0. The van der Waals surface area contributed by atoms with Crippen LogP contribution in [0.5, 0.6) is 0 Å². The summed E-state index contributed by atoms with van der Waals surface area (Å²) in [6.07, 6.45) is 20.2. The van der Waals surface area contributed by atoms with E-state index < -0.39 is 0 Å². The van der Waals surface area contributed by atoms with E-state index in [1.165, 1.54) is 89.9 Å². The molecule has 0 atom stereocenters. The molecule has 23 heavy (non-hydrogen) atoms. The van der Waals surface area contributed by atoms with Crippen LogP contribution in [0.3, 0.4) is 0 Å². The van der Waals surface area contributed by atoms with E-state index in [0.29, 0.717) is 6.54 Å². The smallest absolute Gasteiger partial charge is 0.316 e. The number of unbranched alkanes of at least 4 members (excludes halogenated alkanes) is 14. The van der Waals surface area contributed by atoms with E-state index in [-0.39, 0.29) is 12.8 Å². The van der Waals surface area contributed by atoms with Gasteiger partial charge in [-0.2, -0.15) is 0 Å². The normalized spacial score (nSPS) is 10.7. The lowest BCUT2D eigenvalue weighted by Gasteiger charge is -2.05. The first-order valence-corrected chi connectivity index (χ1v) is 9.93. The average Bonchev–Trinajstić information content (AvgIpc) is 2.54. The van der Waals surface area contributed by atoms with Crippen LogP contribution in [0.4, 0.5) is 4.79 Å². The third kappa shape index (κ3) is 19.2. The Labute approximate surface area is 143 Å².